The molecule has 0 rings (SSSR count). The van der Waals surface area contributed by atoms with Crippen LogP contribution in [-0.2, 0) is 19.1 Å². The Morgan fingerprint density at radius 2 is 1.29 bits per heavy atom. The van der Waals surface area contributed by atoms with Crippen LogP contribution in [0.1, 0.15) is 12.8 Å². The molecule has 0 aromatic carbocycles. The van der Waals surface area contributed by atoms with E-state index in [9.17, 15) is 9.59 Å². The summed E-state index contributed by atoms with van der Waals surface area (Å²) in [6, 6.07) is 0. The lowest BCUT2D eigenvalue weighted by molar-refractivity contribution is -0.141. The van der Waals surface area contributed by atoms with Gasteiger partial charge in [0.2, 0.25) is 0 Å². The summed E-state index contributed by atoms with van der Waals surface area (Å²) in [7, 11) is 0. The summed E-state index contributed by atoms with van der Waals surface area (Å²) in [4.78, 5) is 21.4. The molecule has 0 aliphatic heterocycles. The molecule has 0 amide bonds. The minimum absolute atomic E-state index is 0.129. The first-order valence-corrected chi connectivity index (χ1v) is 7.73. The van der Waals surface area contributed by atoms with Crippen molar-refractivity contribution in [1.29, 1.82) is 0 Å². The topological polar surface area (TPSA) is 52.6 Å². The lowest BCUT2D eigenvalue weighted by Gasteiger charge is -2.04. The van der Waals surface area contributed by atoms with Gasteiger partial charge in [-0.2, -0.15) is 37.0 Å². The second-order valence-electron chi connectivity index (χ2n) is 3.08. The van der Waals surface area contributed by atoms with Gasteiger partial charge in [-0.05, 0) is 24.3 Å². The van der Waals surface area contributed by atoms with Crippen molar-refractivity contribution in [2.24, 2.45) is 0 Å². The summed E-state index contributed by atoms with van der Waals surface area (Å²) >= 11 is 9.34. The number of rotatable bonds is 10. The molecule has 0 atom stereocenters. The van der Waals surface area contributed by atoms with Crippen molar-refractivity contribution in [3.8, 4) is 0 Å². The van der Waals surface area contributed by atoms with Crippen molar-refractivity contribution in [2.75, 3.05) is 36.2 Å². The highest BCUT2D eigenvalue weighted by Gasteiger charge is 1.99. The summed E-state index contributed by atoms with van der Waals surface area (Å²) in [5.74, 6) is 1.56. The van der Waals surface area contributed by atoms with Crippen LogP contribution in [0.25, 0.3) is 0 Å². The zero-order chi connectivity index (χ0) is 12.9. The molecular formula is C10H18O4S3. The van der Waals surface area contributed by atoms with Crippen molar-refractivity contribution >= 4 is 49.0 Å². The first-order chi connectivity index (χ1) is 8.20. The Balaban J connectivity index is 3.08. The Morgan fingerprint density at radius 1 is 0.882 bits per heavy atom. The molecule has 0 aromatic rings. The highest BCUT2D eigenvalue weighted by molar-refractivity contribution is 7.99. The summed E-state index contributed by atoms with van der Waals surface area (Å²) in [5, 5.41) is 0. The van der Waals surface area contributed by atoms with Crippen LogP contribution < -0.4 is 0 Å². The van der Waals surface area contributed by atoms with E-state index in [0.717, 1.165) is 24.3 Å². The van der Waals surface area contributed by atoms with Crippen LogP contribution in [0.4, 0.5) is 0 Å². The van der Waals surface area contributed by atoms with Crippen molar-refractivity contribution in [3.63, 3.8) is 0 Å². The van der Waals surface area contributed by atoms with Gasteiger partial charge in [0, 0.05) is 0 Å². The van der Waals surface area contributed by atoms with E-state index in [0.29, 0.717) is 13.2 Å². The molecule has 4 nitrogen and oxygen atoms in total. The van der Waals surface area contributed by atoms with Gasteiger partial charge in [-0.15, -0.1) is 0 Å². The fourth-order valence-corrected chi connectivity index (χ4v) is 1.92. The predicted molar refractivity (Wildman–Crippen MR) is 76.2 cm³/mol. The summed E-state index contributed by atoms with van der Waals surface area (Å²) in [6.45, 7) is 0.891. The number of carbonyl (C=O) groups excluding carboxylic acids is 2. The third-order valence-electron chi connectivity index (χ3n) is 1.65. The first-order valence-electron chi connectivity index (χ1n) is 5.31. The number of hydrogen-bond donors (Lipinski definition) is 2. The molecule has 0 heterocycles. The smallest absolute Gasteiger partial charge is 0.315 e. The van der Waals surface area contributed by atoms with Crippen LogP contribution >= 0.6 is 37.0 Å². The number of ether oxygens (including phenoxy) is 2. The highest BCUT2D eigenvalue weighted by atomic mass is 32.2. The fraction of sp³-hybridized carbons (Fsp3) is 0.800. The summed E-state index contributed by atoms with van der Waals surface area (Å²) < 4.78 is 9.72. The van der Waals surface area contributed by atoms with Gasteiger partial charge in [0.05, 0.1) is 24.7 Å². The Labute approximate surface area is 117 Å². The highest BCUT2D eigenvalue weighted by Crippen LogP contribution is 2.05. The Kier molecular flexibility index (Phi) is 12.4. The monoisotopic (exact) mass is 298 g/mol. The van der Waals surface area contributed by atoms with Gasteiger partial charge in [0.1, 0.15) is 0 Å². The van der Waals surface area contributed by atoms with E-state index in [4.69, 9.17) is 9.47 Å². The summed E-state index contributed by atoms with van der Waals surface area (Å²) in [6.07, 6.45) is 1.67. The predicted octanol–water partition coefficient (Wildman–Crippen LogP) is 1.45. The molecule has 0 fully saturated rings. The Bertz CT molecular complexity index is 202. The van der Waals surface area contributed by atoms with E-state index >= 15 is 0 Å². The minimum Gasteiger partial charge on any atom is -0.465 e. The van der Waals surface area contributed by atoms with Gasteiger partial charge in [-0.25, -0.2) is 0 Å². The van der Waals surface area contributed by atoms with Crippen LogP contribution in [0.2, 0.25) is 0 Å². The molecule has 0 aliphatic carbocycles. The van der Waals surface area contributed by atoms with Gasteiger partial charge in [-0.3, -0.25) is 9.59 Å². The largest absolute Gasteiger partial charge is 0.465 e. The average molecular weight is 298 g/mol. The average Bonchev–Trinajstić information content (AvgIpc) is 2.35. The standard InChI is InChI=1S/C10H18O4S3/c11-9(7-15)13-3-1-5-17-6-2-4-14-10(12)8-16/h15-16H,1-8H2. The maximum Gasteiger partial charge on any atom is 0.315 e. The molecule has 100 valence electrons. The van der Waals surface area contributed by atoms with E-state index < -0.39 is 0 Å². The lowest BCUT2D eigenvalue weighted by Crippen LogP contribution is -2.08. The Hall–Kier alpha value is -0.0100. The van der Waals surface area contributed by atoms with Gasteiger partial charge in [-0.1, -0.05) is 0 Å². The van der Waals surface area contributed by atoms with E-state index in [1.165, 1.54) is 0 Å². The van der Waals surface area contributed by atoms with Crippen LogP contribution in [0, 0.1) is 0 Å². The van der Waals surface area contributed by atoms with E-state index in [2.05, 4.69) is 25.3 Å². The zero-order valence-electron chi connectivity index (χ0n) is 9.59. The van der Waals surface area contributed by atoms with Crippen molar-refractivity contribution in [3.05, 3.63) is 0 Å². The van der Waals surface area contributed by atoms with Crippen LogP contribution in [0.5, 0.6) is 0 Å². The van der Waals surface area contributed by atoms with E-state index in [1.807, 2.05) is 0 Å². The number of esters is 2. The molecule has 0 aromatic heterocycles. The van der Waals surface area contributed by atoms with Gasteiger partial charge in [0.25, 0.3) is 0 Å². The number of hydrogen-bond acceptors (Lipinski definition) is 7. The van der Waals surface area contributed by atoms with Crippen molar-refractivity contribution in [1.82, 2.24) is 0 Å². The van der Waals surface area contributed by atoms with Gasteiger partial charge >= 0.3 is 11.9 Å². The molecule has 0 saturated heterocycles. The number of thiol groups is 2. The zero-order valence-corrected chi connectivity index (χ0v) is 12.2. The quantitative estimate of drug-likeness (QED) is 0.363. The van der Waals surface area contributed by atoms with E-state index in [1.54, 1.807) is 11.8 Å². The maximum atomic E-state index is 10.7. The SMILES string of the molecule is O=C(CS)OCCCSCCCOC(=O)CS. The molecule has 0 N–H and O–H groups in total. The number of carbonyl (C=O) groups is 2. The molecular weight excluding hydrogens is 280 g/mol. The summed E-state index contributed by atoms with van der Waals surface area (Å²) in [5.41, 5.74) is 0. The molecule has 0 radical (unpaired) electrons. The van der Waals surface area contributed by atoms with Gasteiger partial charge < -0.3 is 9.47 Å². The van der Waals surface area contributed by atoms with E-state index in [-0.39, 0.29) is 23.4 Å². The Morgan fingerprint density at radius 3 is 1.65 bits per heavy atom. The molecule has 0 spiro atoms. The molecule has 17 heavy (non-hydrogen) atoms. The molecule has 7 heteroatoms. The van der Waals surface area contributed by atoms with Crippen molar-refractivity contribution in [2.45, 2.75) is 12.8 Å². The normalized spacial score (nSPS) is 10.0. The first kappa shape index (κ1) is 17.0. The van der Waals surface area contributed by atoms with Crippen LogP contribution in [-0.4, -0.2) is 48.2 Å². The second kappa shape index (κ2) is 12.4. The van der Waals surface area contributed by atoms with Gasteiger partial charge in [0.15, 0.2) is 0 Å². The third kappa shape index (κ3) is 12.2. The molecule has 0 bridgehead atoms. The van der Waals surface area contributed by atoms with Crippen LogP contribution in [0.3, 0.4) is 0 Å². The minimum atomic E-state index is -0.281. The maximum absolute atomic E-state index is 10.7. The van der Waals surface area contributed by atoms with Crippen LogP contribution in [0.15, 0.2) is 0 Å². The fourth-order valence-electron chi connectivity index (χ4n) is 0.887. The van der Waals surface area contributed by atoms with Crippen molar-refractivity contribution < 1.29 is 19.1 Å². The third-order valence-corrected chi connectivity index (χ3v) is 3.32. The molecule has 0 saturated carbocycles. The number of thioether (sulfide) groups is 1. The molecule has 0 aliphatic rings. The molecule has 0 unspecified atom stereocenters. The lowest BCUT2D eigenvalue weighted by atomic mass is 10.5. The second-order valence-corrected chi connectivity index (χ2v) is 4.93.